The topological polar surface area (TPSA) is 0 Å². The van der Waals surface area contributed by atoms with Crippen LogP contribution in [0.1, 0.15) is 5.56 Å². The lowest BCUT2D eigenvalue weighted by Crippen LogP contribution is -1.80. The Bertz CT molecular complexity index is 429. The van der Waals surface area contributed by atoms with Gasteiger partial charge < -0.3 is 0 Å². The fourth-order valence-electron chi connectivity index (χ4n) is 1.43. The average molecular weight is 237 g/mol. The summed E-state index contributed by atoms with van der Waals surface area (Å²) in [6.07, 6.45) is 0. The van der Waals surface area contributed by atoms with Gasteiger partial charge in [-0.15, -0.1) is 11.6 Å². The quantitative estimate of drug-likeness (QED) is 0.661. The molecule has 0 saturated carbocycles. The molecule has 0 nitrogen and oxygen atoms in total. The molecule has 0 aliphatic heterocycles. The molecule has 0 radical (unpaired) electrons. The standard InChI is InChI=1S/C13H10Cl2/c14-9-10-1-3-11(4-2-10)12-5-7-13(15)8-6-12/h1-8H,9H2. The highest BCUT2D eigenvalue weighted by molar-refractivity contribution is 6.30. The van der Waals surface area contributed by atoms with Gasteiger partial charge in [-0.05, 0) is 28.8 Å². The summed E-state index contributed by atoms with van der Waals surface area (Å²) in [6, 6.07) is 16.0. The van der Waals surface area contributed by atoms with Crippen LogP contribution in [-0.4, -0.2) is 0 Å². The first kappa shape index (κ1) is 10.5. The Morgan fingerprint density at radius 1 is 0.733 bits per heavy atom. The lowest BCUT2D eigenvalue weighted by atomic mass is 10.0. The molecule has 2 rings (SSSR count). The van der Waals surface area contributed by atoms with E-state index < -0.39 is 0 Å². The second kappa shape index (κ2) is 4.69. The lowest BCUT2D eigenvalue weighted by molar-refractivity contribution is 1.40. The monoisotopic (exact) mass is 236 g/mol. The van der Waals surface area contributed by atoms with Crippen LogP contribution in [0.3, 0.4) is 0 Å². The van der Waals surface area contributed by atoms with Gasteiger partial charge >= 0.3 is 0 Å². The lowest BCUT2D eigenvalue weighted by Gasteiger charge is -2.02. The Hall–Kier alpha value is -0.980. The molecule has 2 aromatic rings. The van der Waals surface area contributed by atoms with E-state index in [2.05, 4.69) is 12.1 Å². The number of hydrogen-bond donors (Lipinski definition) is 0. The fraction of sp³-hybridized carbons (Fsp3) is 0.0769. The van der Waals surface area contributed by atoms with Gasteiger partial charge in [-0.1, -0.05) is 48.0 Å². The van der Waals surface area contributed by atoms with Crippen molar-refractivity contribution >= 4 is 23.2 Å². The van der Waals surface area contributed by atoms with E-state index in [1.807, 2.05) is 36.4 Å². The Labute approximate surface area is 99.5 Å². The summed E-state index contributed by atoms with van der Waals surface area (Å²) in [5, 5.41) is 0.760. The van der Waals surface area contributed by atoms with Crippen LogP contribution < -0.4 is 0 Å². The van der Waals surface area contributed by atoms with Gasteiger partial charge in [0.15, 0.2) is 0 Å². The van der Waals surface area contributed by atoms with Gasteiger partial charge in [0.25, 0.3) is 0 Å². The van der Waals surface area contributed by atoms with E-state index in [4.69, 9.17) is 23.2 Å². The van der Waals surface area contributed by atoms with Gasteiger partial charge in [0, 0.05) is 10.9 Å². The van der Waals surface area contributed by atoms with Gasteiger partial charge in [-0.3, -0.25) is 0 Å². The summed E-state index contributed by atoms with van der Waals surface area (Å²) >= 11 is 11.6. The van der Waals surface area contributed by atoms with Gasteiger partial charge in [0.1, 0.15) is 0 Å². The van der Waals surface area contributed by atoms with Crippen molar-refractivity contribution in [3.63, 3.8) is 0 Å². The van der Waals surface area contributed by atoms with Crippen molar-refractivity contribution in [2.75, 3.05) is 0 Å². The summed E-state index contributed by atoms with van der Waals surface area (Å²) in [5.41, 5.74) is 3.48. The predicted octanol–water partition coefficient (Wildman–Crippen LogP) is 4.75. The van der Waals surface area contributed by atoms with Gasteiger partial charge in [-0.2, -0.15) is 0 Å². The molecule has 0 N–H and O–H groups in total. The molecule has 0 bridgehead atoms. The molecule has 0 unspecified atom stereocenters. The molecule has 0 heterocycles. The van der Waals surface area contributed by atoms with E-state index in [-0.39, 0.29) is 0 Å². The molecule has 0 amide bonds. The normalized spacial score (nSPS) is 10.3. The van der Waals surface area contributed by atoms with E-state index in [9.17, 15) is 0 Å². The molecule has 76 valence electrons. The SMILES string of the molecule is ClCc1ccc(-c2ccc(Cl)cc2)cc1. The number of rotatable bonds is 2. The summed E-state index contributed by atoms with van der Waals surface area (Å²) in [6.45, 7) is 0. The van der Waals surface area contributed by atoms with Crippen molar-refractivity contribution in [3.05, 3.63) is 59.1 Å². The van der Waals surface area contributed by atoms with Crippen molar-refractivity contribution in [2.24, 2.45) is 0 Å². The van der Waals surface area contributed by atoms with Crippen LogP contribution in [-0.2, 0) is 5.88 Å². The molecule has 0 spiro atoms. The number of benzene rings is 2. The average Bonchev–Trinajstić information content (AvgIpc) is 2.30. The zero-order valence-corrected chi connectivity index (χ0v) is 9.59. The zero-order chi connectivity index (χ0) is 10.7. The minimum atomic E-state index is 0.556. The largest absolute Gasteiger partial charge is 0.122 e. The van der Waals surface area contributed by atoms with Crippen molar-refractivity contribution < 1.29 is 0 Å². The van der Waals surface area contributed by atoms with Crippen molar-refractivity contribution in [1.82, 2.24) is 0 Å². The second-order valence-electron chi connectivity index (χ2n) is 3.34. The zero-order valence-electron chi connectivity index (χ0n) is 8.08. The maximum atomic E-state index is 5.83. The number of alkyl halides is 1. The molecule has 2 heteroatoms. The van der Waals surface area contributed by atoms with Crippen LogP contribution in [0.5, 0.6) is 0 Å². The summed E-state index contributed by atoms with van der Waals surface area (Å²) in [5.74, 6) is 0.556. The van der Waals surface area contributed by atoms with Crippen LogP contribution in [0.25, 0.3) is 11.1 Å². The molecular weight excluding hydrogens is 227 g/mol. The second-order valence-corrected chi connectivity index (χ2v) is 4.04. The molecule has 0 atom stereocenters. The van der Waals surface area contributed by atoms with Crippen LogP contribution in [0.15, 0.2) is 48.5 Å². The Morgan fingerprint density at radius 2 is 1.20 bits per heavy atom. The Balaban J connectivity index is 2.33. The van der Waals surface area contributed by atoms with Crippen molar-refractivity contribution in [2.45, 2.75) is 5.88 Å². The third-order valence-electron chi connectivity index (χ3n) is 2.29. The maximum absolute atomic E-state index is 5.83. The summed E-state index contributed by atoms with van der Waals surface area (Å²) < 4.78 is 0. The summed E-state index contributed by atoms with van der Waals surface area (Å²) in [7, 11) is 0. The van der Waals surface area contributed by atoms with Gasteiger partial charge in [-0.25, -0.2) is 0 Å². The van der Waals surface area contributed by atoms with Crippen LogP contribution in [0, 0.1) is 0 Å². The van der Waals surface area contributed by atoms with Gasteiger partial charge in [0.2, 0.25) is 0 Å². The number of halogens is 2. The van der Waals surface area contributed by atoms with Crippen molar-refractivity contribution in [1.29, 1.82) is 0 Å². The molecule has 0 fully saturated rings. The van der Waals surface area contributed by atoms with Crippen molar-refractivity contribution in [3.8, 4) is 11.1 Å². The molecule has 0 aromatic heterocycles. The Kier molecular flexibility index (Phi) is 3.30. The summed E-state index contributed by atoms with van der Waals surface area (Å²) in [4.78, 5) is 0. The first-order chi connectivity index (χ1) is 7.29. The van der Waals surface area contributed by atoms with E-state index in [1.54, 1.807) is 0 Å². The minimum Gasteiger partial charge on any atom is -0.122 e. The minimum absolute atomic E-state index is 0.556. The molecule has 0 aliphatic rings. The molecule has 0 saturated heterocycles. The molecular formula is C13H10Cl2. The highest BCUT2D eigenvalue weighted by Gasteiger charge is 1.97. The molecule has 2 aromatic carbocycles. The van der Waals surface area contributed by atoms with E-state index in [0.717, 1.165) is 10.6 Å². The third-order valence-corrected chi connectivity index (χ3v) is 2.85. The van der Waals surface area contributed by atoms with E-state index >= 15 is 0 Å². The fourth-order valence-corrected chi connectivity index (χ4v) is 1.73. The highest BCUT2D eigenvalue weighted by atomic mass is 35.5. The molecule has 0 aliphatic carbocycles. The highest BCUT2D eigenvalue weighted by Crippen LogP contribution is 2.22. The Morgan fingerprint density at radius 3 is 1.67 bits per heavy atom. The maximum Gasteiger partial charge on any atom is 0.0474 e. The smallest absolute Gasteiger partial charge is 0.0474 e. The third kappa shape index (κ3) is 2.53. The number of hydrogen-bond acceptors (Lipinski definition) is 0. The van der Waals surface area contributed by atoms with E-state index in [0.29, 0.717) is 5.88 Å². The molecule has 15 heavy (non-hydrogen) atoms. The first-order valence-corrected chi connectivity index (χ1v) is 5.62. The van der Waals surface area contributed by atoms with Crippen LogP contribution in [0.4, 0.5) is 0 Å². The van der Waals surface area contributed by atoms with Gasteiger partial charge in [0.05, 0.1) is 0 Å². The predicted molar refractivity (Wildman–Crippen MR) is 66.4 cm³/mol. The van der Waals surface area contributed by atoms with E-state index in [1.165, 1.54) is 11.1 Å². The first-order valence-electron chi connectivity index (χ1n) is 4.70. The van der Waals surface area contributed by atoms with Crippen LogP contribution in [0.2, 0.25) is 5.02 Å². The van der Waals surface area contributed by atoms with Crippen LogP contribution >= 0.6 is 23.2 Å².